The van der Waals surface area contributed by atoms with Gasteiger partial charge in [0.1, 0.15) is 0 Å². The monoisotopic (exact) mass is 420 g/mol. The Morgan fingerprint density at radius 3 is 2.00 bits per heavy atom. The Morgan fingerprint density at radius 2 is 1.54 bits per heavy atom. The molecule has 1 aliphatic carbocycles. The van der Waals surface area contributed by atoms with Crippen LogP contribution in [-0.4, -0.2) is 14.1 Å². The van der Waals surface area contributed by atoms with Crippen molar-refractivity contribution in [2.45, 2.75) is 54.9 Å². The summed E-state index contributed by atoms with van der Waals surface area (Å²) in [5.74, 6) is 1.18. The van der Waals surface area contributed by atoms with E-state index in [0.717, 1.165) is 16.7 Å². The van der Waals surface area contributed by atoms with E-state index < -0.39 is 17.8 Å². The van der Waals surface area contributed by atoms with Crippen LogP contribution in [-0.2, 0) is 17.8 Å². The van der Waals surface area contributed by atoms with Crippen LogP contribution in [0, 0.1) is 27.7 Å². The summed E-state index contributed by atoms with van der Waals surface area (Å²) in [5.41, 5.74) is 7.02. The zero-order valence-electron chi connectivity index (χ0n) is 16.1. The molecular weight excluding hydrogens is 391 g/mol. The van der Waals surface area contributed by atoms with E-state index in [9.17, 15) is 0 Å². The number of hydrogen-bond acceptors (Lipinski definition) is 1. The standard InChI is InChI=1S/C10H16OSi.C6H7.C3H6.2ClH.Ti/c1-5-6(2)9(11)8(4)10(12)7(5)3;1-6-4-2-3-5-6;1-3-2;;;/h11H,1-4,12H3;2,4H,3H2,1H3;1-2H3;2*1H;/q;;;;;+1/p-1. The third kappa shape index (κ3) is 4.53. The molecule has 134 valence electrons. The minimum absolute atomic E-state index is 0. The minimum atomic E-state index is -1.83. The van der Waals surface area contributed by atoms with Crippen LogP contribution < -0.4 is 8.51 Å². The number of allylic oxidation sites excluding steroid dienone is 4. The molecule has 1 nitrogen and oxygen atoms in total. The first-order valence-corrected chi connectivity index (χ1v) is 11.2. The maximum atomic E-state index is 6.76. The Labute approximate surface area is 169 Å². The molecule has 1 aliphatic rings. The summed E-state index contributed by atoms with van der Waals surface area (Å²) in [6.45, 7) is 15.7. The predicted molar refractivity (Wildman–Crippen MR) is 113 cm³/mol. The molecule has 0 N–H and O–H groups in total. The summed E-state index contributed by atoms with van der Waals surface area (Å²) >= 11 is -1.83. The molecule has 1 aromatic rings. The van der Waals surface area contributed by atoms with Crippen molar-refractivity contribution < 1.29 is 21.1 Å². The second-order valence-corrected chi connectivity index (χ2v) is 11.5. The third-order valence-corrected chi connectivity index (χ3v) is 10.4. The fourth-order valence-electron chi connectivity index (χ4n) is 3.07. The molecule has 0 aliphatic heterocycles. The molecule has 0 saturated carbocycles. The van der Waals surface area contributed by atoms with Gasteiger partial charge in [-0.15, -0.1) is 24.8 Å². The molecule has 0 aromatic heterocycles. The van der Waals surface area contributed by atoms with E-state index in [1.807, 2.05) is 0 Å². The van der Waals surface area contributed by atoms with Gasteiger partial charge in [0.2, 0.25) is 0 Å². The van der Waals surface area contributed by atoms with Crippen LogP contribution in [0.2, 0.25) is 0 Å². The van der Waals surface area contributed by atoms with Crippen LogP contribution in [0.4, 0.5) is 0 Å². The molecule has 0 atom stereocenters. The Bertz CT molecular complexity index is 700. The van der Waals surface area contributed by atoms with E-state index >= 15 is 0 Å². The maximum absolute atomic E-state index is 6.76. The van der Waals surface area contributed by atoms with Crippen molar-refractivity contribution in [3.05, 3.63) is 43.9 Å². The van der Waals surface area contributed by atoms with Crippen molar-refractivity contribution in [2.75, 3.05) is 0 Å². The second-order valence-electron chi connectivity index (χ2n) is 6.65. The molecule has 0 heterocycles. The Kier molecular flexibility index (Phi) is 9.50. The van der Waals surface area contributed by atoms with Gasteiger partial charge in [-0.2, -0.15) is 0 Å². The van der Waals surface area contributed by atoms with Crippen molar-refractivity contribution in [3.63, 3.8) is 0 Å². The van der Waals surface area contributed by atoms with Gasteiger partial charge >= 0.3 is 145 Å². The van der Waals surface area contributed by atoms with Gasteiger partial charge in [-0.3, -0.25) is 0 Å². The first-order chi connectivity index (χ1) is 10.3. The van der Waals surface area contributed by atoms with Gasteiger partial charge in [-0.05, 0) is 0 Å². The van der Waals surface area contributed by atoms with E-state index in [1.54, 1.807) is 3.88 Å². The third-order valence-electron chi connectivity index (χ3n) is 5.03. The van der Waals surface area contributed by atoms with E-state index in [-0.39, 0.29) is 24.8 Å². The molecule has 0 saturated heterocycles. The maximum Gasteiger partial charge on any atom is -0.147 e. The molecular formula is C19H30Cl2OSiTi. The van der Waals surface area contributed by atoms with Gasteiger partial charge in [0.05, 0.1) is 0 Å². The van der Waals surface area contributed by atoms with Gasteiger partial charge < -0.3 is 0 Å². The van der Waals surface area contributed by atoms with Crippen molar-refractivity contribution in [1.29, 1.82) is 0 Å². The normalized spacial score (nSPS) is 12.8. The smallest absolute Gasteiger partial charge is 0.147 e. The molecule has 0 unspecified atom stereocenters. The summed E-state index contributed by atoms with van der Waals surface area (Å²) in [6.07, 6.45) is 5.62. The zero-order valence-corrected chi connectivity index (χ0v) is 21.3. The van der Waals surface area contributed by atoms with Crippen LogP contribution in [0.25, 0.3) is 0 Å². The fourth-order valence-corrected chi connectivity index (χ4v) is 7.09. The molecule has 0 bridgehead atoms. The number of halogens is 2. The van der Waals surface area contributed by atoms with Crippen molar-refractivity contribution in [2.24, 2.45) is 0 Å². The SMILES string of the molecule is CC1=[C]([Ti]([O]c2c(C)c(C)c(C)c([SiH3])c2C)=[C](C)C)CC=C1.Cl.Cl. The van der Waals surface area contributed by atoms with E-state index in [4.69, 9.17) is 3.32 Å². The van der Waals surface area contributed by atoms with Crippen LogP contribution in [0.15, 0.2) is 21.6 Å². The summed E-state index contributed by atoms with van der Waals surface area (Å²) in [6, 6.07) is 0. The van der Waals surface area contributed by atoms with E-state index in [2.05, 4.69) is 60.6 Å². The van der Waals surface area contributed by atoms with Crippen LogP contribution >= 0.6 is 24.8 Å². The molecule has 0 spiro atoms. The molecule has 0 radical (unpaired) electrons. The van der Waals surface area contributed by atoms with Gasteiger partial charge in [0.15, 0.2) is 0 Å². The van der Waals surface area contributed by atoms with E-state index in [0.29, 0.717) is 0 Å². The number of rotatable bonds is 3. The first-order valence-electron chi connectivity index (χ1n) is 8.04. The Morgan fingerprint density at radius 1 is 0.958 bits per heavy atom. The summed E-state index contributed by atoms with van der Waals surface area (Å²) < 4.78 is 9.83. The zero-order chi connectivity index (χ0) is 16.6. The van der Waals surface area contributed by atoms with Crippen molar-refractivity contribution in [3.8, 4) is 5.75 Å². The Hall–Kier alpha value is -0.119. The average molecular weight is 421 g/mol. The molecule has 0 fully saturated rings. The largest absolute Gasteiger partial charge is 0.147 e. The topological polar surface area (TPSA) is 9.23 Å². The van der Waals surface area contributed by atoms with Crippen molar-refractivity contribution >= 4 is 44.1 Å². The molecule has 1 aromatic carbocycles. The van der Waals surface area contributed by atoms with Crippen LogP contribution in [0.5, 0.6) is 5.75 Å². The van der Waals surface area contributed by atoms with Gasteiger partial charge in [-0.1, -0.05) is 0 Å². The predicted octanol–water partition coefficient (Wildman–Crippen LogP) is 4.11. The van der Waals surface area contributed by atoms with Gasteiger partial charge in [0.25, 0.3) is 0 Å². The Balaban J connectivity index is 0.00000264. The van der Waals surface area contributed by atoms with E-state index in [1.165, 1.54) is 42.6 Å². The molecule has 5 heteroatoms. The fraction of sp³-hybridized carbons (Fsp3) is 0.421. The summed E-state index contributed by atoms with van der Waals surface area (Å²) in [4.78, 5) is 0. The second kappa shape index (κ2) is 9.54. The first kappa shape index (κ1) is 23.9. The van der Waals surface area contributed by atoms with Gasteiger partial charge in [-0.25, -0.2) is 0 Å². The summed E-state index contributed by atoms with van der Waals surface area (Å²) in [5, 5.41) is 1.51. The minimum Gasteiger partial charge on any atom is -0.147 e. The van der Waals surface area contributed by atoms with Crippen LogP contribution in [0.3, 0.4) is 0 Å². The molecule has 24 heavy (non-hydrogen) atoms. The average Bonchev–Trinajstić information content (AvgIpc) is 2.89. The quantitative estimate of drug-likeness (QED) is 0.668. The number of hydrogen-bond donors (Lipinski definition) is 0. The van der Waals surface area contributed by atoms with Crippen molar-refractivity contribution in [1.82, 2.24) is 0 Å². The summed E-state index contributed by atoms with van der Waals surface area (Å²) in [7, 11) is 1.08. The van der Waals surface area contributed by atoms with Gasteiger partial charge in [0, 0.05) is 0 Å². The molecule has 2 rings (SSSR count). The molecule has 0 amide bonds. The van der Waals surface area contributed by atoms with Crippen LogP contribution in [0.1, 0.15) is 49.4 Å². The number of benzene rings is 1.